The van der Waals surface area contributed by atoms with Crippen LogP contribution in [0.5, 0.6) is 17.2 Å². The first-order valence-corrected chi connectivity index (χ1v) is 7.22. The molecule has 2 heterocycles. The van der Waals surface area contributed by atoms with Gasteiger partial charge in [0.05, 0.1) is 12.7 Å². The van der Waals surface area contributed by atoms with Gasteiger partial charge in [-0.3, -0.25) is 0 Å². The molecule has 1 aliphatic rings. The van der Waals surface area contributed by atoms with Gasteiger partial charge in [-0.1, -0.05) is 6.07 Å². The van der Waals surface area contributed by atoms with E-state index in [1.807, 2.05) is 12.1 Å². The first kappa shape index (κ1) is 13.0. The lowest BCUT2D eigenvalue weighted by Gasteiger charge is -2.17. The molecule has 0 saturated carbocycles. The maximum atomic E-state index is 9.96. The van der Waals surface area contributed by atoms with Crippen molar-refractivity contribution in [1.29, 1.82) is 0 Å². The van der Waals surface area contributed by atoms with E-state index in [1.165, 1.54) is 0 Å². The Bertz CT molecular complexity index is 902. The van der Waals surface area contributed by atoms with Crippen LogP contribution in [0.1, 0.15) is 5.56 Å². The number of rotatable bonds is 1. The first-order chi connectivity index (χ1) is 10.7. The molecule has 1 aromatic heterocycles. The number of ether oxygens (including phenoxy) is 1. The lowest BCUT2D eigenvalue weighted by atomic mass is 9.95. The van der Waals surface area contributed by atoms with E-state index in [0.717, 1.165) is 40.6 Å². The summed E-state index contributed by atoms with van der Waals surface area (Å²) in [5, 5.41) is 21.7. The van der Waals surface area contributed by atoms with Crippen molar-refractivity contribution in [2.75, 3.05) is 7.11 Å². The maximum Gasteiger partial charge on any atom is 0.213 e. The molecule has 0 unspecified atom stereocenters. The van der Waals surface area contributed by atoms with E-state index in [2.05, 4.69) is 16.8 Å². The van der Waals surface area contributed by atoms with E-state index in [1.54, 1.807) is 25.3 Å². The normalized spacial score (nSPS) is 12.8. The summed E-state index contributed by atoms with van der Waals surface area (Å²) in [6, 6.07) is 11.2. The SMILES string of the molecule is COc1cc2c(cc1O)CC[n+]1cc3cc(O)ccc3cc1-2. The van der Waals surface area contributed by atoms with Crippen molar-refractivity contribution in [3.8, 4) is 28.5 Å². The summed E-state index contributed by atoms with van der Waals surface area (Å²) in [5.41, 5.74) is 3.30. The Morgan fingerprint density at radius 3 is 2.73 bits per heavy atom. The van der Waals surface area contributed by atoms with Gasteiger partial charge >= 0.3 is 0 Å². The van der Waals surface area contributed by atoms with Gasteiger partial charge in [-0.15, -0.1) is 0 Å². The van der Waals surface area contributed by atoms with Crippen molar-refractivity contribution in [2.45, 2.75) is 13.0 Å². The van der Waals surface area contributed by atoms with Crippen LogP contribution in [-0.4, -0.2) is 17.3 Å². The largest absolute Gasteiger partial charge is 0.508 e. The number of aromatic nitrogens is 1. The van der Waals surface area contributed by atoms with E-state index >= 15 is 0 Å². The highest BCUT2D eigenvalue weighted by Crippen LogP contribution is 2.36. The summed E-state index contributed by atoms with van der Waals surface area (Å²) < 4.78 is 7.42. The Hall–Kier alpha value is -2.75. The average Bonchev–Trinajstić information content (AvgIpc) is 2.52. The average molecular weight is 294 g/mol. The maximum absolute atomic E-state index is 9.96. The molecule has 4 nitrogen and oxygen atoms in total. The number of hydrogen-bond donors (Lipinski definition) is 2. The van der Waals surface area contributed by atoms with Crippen LogP contribution in [0.2, 0.25) is 0 Å². The zero-order valence-corrected chi connectivity index (χ0v) is 12.2. The van der Waals surface area contributed by atoms with Crippen LogP contribution in [0, 0.1) is 0 Å². The van der Waals surface area contributed by atoms with Crippen LogP contribution in [0.15, 0.2) is 42.6 Å². The van der Waals surface area contributed by atoms with Crippen molar-refractivity contribution < 1.29 is 19.5 Å². The molecule has 0 bridgehead atoms. The number of aryl methyl sites for hydroxylation is 2. The summed E-state index contributed by atoms with van der Waals surface area (Å²) in [6.45, 7) is 0.847. The van der Waals surface area contributed by atoms with Gasteiger partial charge in [0.25, 0.3) is 0 Å². The van der Waals surface area contributed by atoms with E-state index in [4.69, 9.17) is 4.74 Å². The number of aromatic hydroxyl groups is 2. The van der Waals surface area contributed by atoms with Crippen LogP contribution >= 0.6 is 0 Å². The summed E-state index contributed by atoms with van der Waals surface area (Å²) in [6.07, 6.45) is 2.92. The number of pyridine rings is 1. The molecular weight excluding hydrogens is 278 g/mol. The molecule has 22 heavy (non-hydrogen) atoms. The number of hydrogen-bond acceptors (Lipinski definition) is 3. The third-order valence-electron chi connectivity index (χ3n) is 4.27. The predicted octanol–water partition coefficient (Wildman–Crippen LogP) is 2.77. The van der Waals surface area contributed by atoms with Crippen LogP contribution in [0.25, 0.3) is 22.0 Å². The molecule has 0 spiro atoms. The van der Waals surface area contributed by atoms with E-state index in [0.29, 0.717) is 5.75 Å². The van der Waals surface area contributed by atoms with Crippen molar-refractivity contribution in [3.05, 3.63) is 48.2 Å². The van der Waals surface area contributed by atoms with E-state index < -0.39 is 0 Å². The Balaban J connectivity index is 1.99. The molecule has 110 valence electrons. The minimum atomic E-state index is 0.181. The van der Waals surface area contributed by atoms with Gasteiger partial charge in [-0.05, 0) is 35.2 Å². The van der Waals surface area contributed by atoms with Crippen LogP contribution in [-0.2, 0) is 13.0 Å². The fraction of sp³-hybridized carbons (Fsp3) is 0.167. The third-order valence-corrected chi connectivity index (χ3v) is 4.27. The fourth-order valence-corrected chi connectivity index (χ4v) is 3.15. The molecule has 4 rings (SSSR count). The second-order valence-corrected chi connectivity index (χ2v) is 5.60. The van der Waals surface area contributed by atoms with Gasteiger partial charge in [-0.2, -0.15) is 4.57 Å². The molecule has 0 saturated heterocycles. The molecule has 0 fully saturated rings. The first-order valence-electron chi connectivity index (χ1n) is 7.22. The Kier molecular flexibility index (Phi) is 2.73. The van der Waals surface area contributed by atoms with Gasteiger partial charge in [-0.25, -0.2) is 0 Å². The molecule has 1 aliphatic heterocycles. The van der Waals surface area contributed by atoms with Crippen LogP contribution in [0.3, 0.4) is 0 Å². The molecule has 0 amide bonds. The number of nitrogens with zero attached hydrogens (tertiary/aromatic N) is 1. The van der Waals surface area contributed by atoms with E-state index in [-0.39, 0.29) is 11.5 Å². The smallest absolute Gasteiger partial charge is 0.213 e. The number of fused-ring (bicyclic) bond motifs is 4. The minimum Gasteiger partial charge on any atom is -0.508 e. The third kappa shape index (κ3) is 1.88. The van der Waals surface area contributed by atoms with Gasteiger partial charge in [0, 0.05) is 17.9 Å². The molecule has 2 aromatic carbocycles. The van der Waals surface area contributed by atoms with Crippen molar-refractivity contribution in [3.63, 3.8) is 0 Å². The van der Waals surface area contributed by atoms with E-state index in [9.17, 15) is 10.2 Å². The van der Waals surface area contributed by atoms with Crippen LogP contribution in [0.4, 0.5) is 0 Å². The number of phenolic OH excluding ortho intramolecular Hbond substituents is 2. The summed E-state index contributed by atoms with van der Waals surface area (Å²) in [4.78, 5) is 0. The fourth-order valence-electron chi connectivity index (χ4n) is 3.15. The lowest BCUT2D eigenvalue weighted by molar-refractivity contribution is -0.686. The summed E-state index contributed by atoms with van der Waals surface area (Å²) in [5.74, 6) is 0.939. The number of methoxy groups -OCH3 is 1. The second-order valence-electron chi connectivity index (χ2n) is 5.60. The minimum absolute atomic E-state index is 0.181. The number of benzene rings is 2. The van der Waals surface area contributed by atoms with Gasteiger partial charge < -0.3 is 14.9 Å². The lowest BCUT2D eigenvalue weighted by Crippen LogP contribution is -2.39. The molecule has 0 aliphatic carbocycles. The molecule has 4 heteroatoms. The highest BCUT2D eigenvalue weighted by atomic mass is 16.5. The molecule has 3 aromatic rings. The zero-order chi connectivity index (χ0) is 15.3. The van der Waals surface area contributed by atoms with Crippen molar-refractivity contribution in [2.24, 2.45) is 0 Å². The van der Waals surface area contributed by atoms with Crippen molar-refractivity contribution in [1.82, 2.24) is 0 Å². The zero-order valence-electron chi connectivity index (χ0n) is 12.2. The molecule has 0 radical (unpaired) electrons. The van der Waals surface area contributed by atoms with Crippen LogP contribution < -0.4 is 9.30 Å². The molecular formula is C18H16NO3+. The standard InChI is InChI=1S/C18H15NO3/c1-22-18-9-15-12(8-17(18)21)4-5-19-10-13-6-14(20)3-2-11(13)7-16(15)19/h2-3,6-10,20H,4-5H2,1H3/p+1. The Labute approximate surface area is 127 Å². The molecule has 2 N–H and O–H groups in total. The monoisotopic (exact) mass is 294 g/mol. The van der Waals surface area contributed by atoms with Gasteiger partial charge in [0.2, 0.25) is 5.69 Å². The Morgan fingerprint density at radius 2 is 1.91 bits per heavy atom. The topological polar surface area (TPSA) is 53.6 Å². The van der Waals surface area contributed by atoms with Crippen molar-refractivity contribution >= 4 is 10.8 Å². The summed E-state index contributed by atoms with van der Waals surface area (Å²) >= 11 is 0. The molecule has 0 atom stereocenters. The Morgan fingerprint density at radius 1 is 1.05 bits per heavy atom. The predicted molar refractivity (Wildman–Crippen MR) is 83.2 cm³/mol. The second kappa shape index (κ2) is 4.63. The highest BCUT2D eigenvalue weighted by Gasteiger charge is 2.25. The summed E-state index contributed by atoms with van der Waals surface area (Å²) in [7, 11) is 1.56. The number of phenols is 2. The quantitative estimate of drug-likeness (QED) is 0.679. The highest BCUT2D eigenvalue weighted by molar-refractivity contribution is 5.85. The van der Waals surface area contributed by atoms with Gasteiger partial charge in [0.15, 0.2) is 24.2 Å². The van der Waals surface area contributed by atoms with Gasteiger partial charge in [0.1, 0.15) is 5.75 Å².